The summed E-state index contributed by atoms with van der Waals surface area (Å²) in [4.78, 5) is 25.7. The van der Waals surface area contributed by atoms with Crippen LogP contribution < -0.4 is 5.32 Å². The predicted molar refractivity (Wildman–Crippen MR) is 120 cm³/mol. The van der Waals surface area contributed by atoms with E-state index in [4.69, 9.17) is 4.74 Å². The number of nitrogens with one attached hydrogen (secondary N) is 1. The number of imidazole rings is 1. The minimum atomic E-state index is -0.473. The molecule has 2 aliphatic rings. The molecular formula is C23H32N6O2. The molecule has 166 valence electrons. The Morgan fingerprint density at radius 2 is 2.03 bits per heavy atom. The van der Waals surface area contributed by atoms with E-state index in [1.165, 1.54) is 5.56 Å². The van der Waals surface area contributed by atoms with E-state index in [1.807, 2.05) is 39.2 Å². The highest BCUT2D eigenvalue weighted by atomic mass is 16.6. The quantitative estimate of drug-likeness (QED) is 0.798. The van der Waals surface area contributed by atoms with Gasteiger partial charge in [0.25, 0.3) is 0 Å². The van der Waals surface area contributed by atoms with Crippen molar-refractivity contribution in [3.63, 3.8) is 0 Å². The van der Waals surface area contributed by atoms with Gasteiger partial charge in [-0.25, -0.2) is 9.78 Å². The molecule has 8 nitrogen and oxygen atoms in total. The molecule has 1 amide bonds. The van der Waals surface area contributed by atoms with Crippen molar-refractivity contribution >= 4 is 12.1 Å². The summed E-state index contributed by atoms with van der Waals surface area (Å²) in [5.74, 6) is 1.98. The van der Waals surface area contributed by atoms with Crippen LogP contribution in [0.4, 0.5) is 4.79 Å². The number of rotatable bonds is 5. The Labute approximate surface area is 183 Å². The lowest BCUT2D eigenvalue weighted by atomic mass is 10.2. The normalized spacial score (nSPS) is 18.5. The van der Waals surface area contributed by atoms with Gasteiger partial charge in [0.2, 0.25) is 0 Å². The lowest BCUT2D eigenvalue weighted by Crippen LogP contribution is -2.57. The fraction of sp³-hybridized carbons (Fsp3) is 0.522. The first kappa shape index (κ1) is 21.2. The van der Waals surface area contributed by atoms with E-state index in [-0.39, 0.29) is 12.1 Å². The van der Waals surface area contributed by atoms with Crippen LogP contribution >= 0.6 is 0 Å². The topological polar surface area (TPSA) is 75.0 Å². The van der Waals surface area contributed by atoms with Crippen LogP contribution in [0.2, 0.25) is 0 Å². The van der Waals surface area contributed by atoms with Crippen LogP contribution in [0.3, 0.4) is 0 Å². The highest BCUT2D eigenvalue weighted by molar-refractivity contribution is 5.82. The van der Waals surface area contributed by atoms with Crippen molar-refractivity contribution in [1.29, 1.82) is 0 Å². The van der Waals surface area contributed by atoms with Crippen molar-refractivity contribution in [2.24, 2.45) is 4.99 Å². The van der Waals surface area contributed by atoms with Gasteiger partial charge in [-0.05, 0) is 26.3 Å². The molecule has 1 N–H and O–H groups in total. The van der Waals surface area contributed by atoms with Crippen LogP contribution in [0.5, 0.6) is 0 Å². The van der Waals surface area contributed by atoms with Gasteiger partial charge in [0, 0.05) is 51.5 Å². The molecule has 2 aromatic rings. The molecule has 1 unspecified atom stereocenters. The first-order valence-electron chi connectivity index (χ1n) is 11.0. The van der Waals surface area contributed by atoms with Gasteiger partial charge in [0.1, 0.15) is 11.4 Å². The van der Waals surface area contributed by atoms with E-state index in [0.717, 1.165) is 37.8 Å². The smallest absolute Gasteiger partial charge is 0.410 e. The van der Waals surface area contributed by atoms with Crippen LogP contribution in [-0.2, 0) is 17.7 Å². The molecule has 1 aromatic heterocycles. The van der Waals surface area contributed by atoms with E-state index >= 15 is 0 Å². The maximum absolute atomic E-state index is 12.4. The summed E-state index contributed by atoms with van der Waals surface area (Å²) in [5, 5.41) is 3.48. The lowest BCUT2D eigenvalue weighted by molar-refractivity contribution is 0.0137. The third-order valence-corrected chi connectivity index (χ3v) is 5.49. The van der Waals surface area contributed by atoms with Crippen LogP contribution in [-0.4, -0.2) is 75.8 Å². The average molecular weight is 425 g/mol. The van der Waals surface area contributed by atoms with E-state index in [1.54, 1.807) is 4.90 Å². The Hall–Kier alpha value is -3.03. The molecule has 0 spiro atoms. The number of carbonyl (C=O) groups is 1. The Morgan fingerprint density at radius 1 is 1.23 bits per heavy atom. The van der Waals surface area contributed by atoms with E-state index in [0.29, 0.717) is 19.6 Å². The number of amides is 1. The number of hydrogen-bond acceptors (Lipinski definition) is 6. The van der Waals surface area contributed by atoms with Crippen LogP contribution in [0, 0.1) is 0 Å². The summed E-state index contributed by atoms with van der Waals surface area (Å²) in [7, 11) is 0. The van der Waals surface area contributed by atoms with Crippen LogP contribution in [0.15, 0.2) is 47.7 Å². The number of carbonyl (C=O) groups excluding carboxylic acids is 1. The van der Waals surface area contributed by atoms with E-state index < -0.39 is 5.60 Å². The van der Waals surface area contributed by atoms with Gasteiger partial charge in [-0.1, -0.05) is 30.3 Å². The second-order valence-electron chi connectivity index (χ2n) is 9.07. The Balaban J connectivity index is 1.25. The number of aromatic nitrogens is 2. The number of nitrogens with zero attached hydrogens (tertiary/aromatic N) is 5. The maximum Gasteiger partial charge on any atom is 0.410 e. The van der Waals surface area contributed by atoms with Gasteiger partial charge in [0.15, 0.2) is 5.96 Å². The summed E-state index contributed by atoms with van der Waals surface area (Å²) in [6, 6.07) is 10.6. The fourth-order valence-corrected chi connectivity index (χ4v) is 4.00. The highest BCUT2D eigenvalue weighted by Gasteiger charge is 2.36. The first-order valence-corrected chi connectivity index (χ1v) is 11.0. The van der Waals surface area contributed by atoms with Crippen LogP contribution in [0.25, 0.3) is 0 Å². The number of aliphatic imine (C=N–C) groups is 1. The van der Waals surface area contributed by atoms with Gasteiger partial charge in [-0.15, -0.1) is 0 Å². The third-order valence-electron chi connectivity index (χ3n) is 5.49. The summed E-state index contributed by atoms with van der Waals surface area (Å²) < 4.78 is 7.71. The number of ether oxygens (including phenoxy) is 1. The largest absolute Gasteiger partial charge is 0.444 e. The van der Waals surface area contributed by atoms with E-state index in [9.17, 15) is 4.79 Å². The van der Waals surface area contributed by atoms with Gasteiger partial charge in [0.05, 0.1) is 12.6 Å². The number of guanidine groups is 1. The first-order chi connectivity index (χ1) is 14.9. The number of benzene rings is 1. The molecule has 3 heterocycles. The zero-order valence-electron chi connectivity index (χ0n) is 18.6. The Morgan fingerprint density at radius 3 is 2.81 bits per heavy atom. The molecular weight excluding hydrogens is 392 g/mol. The van der Waals surface area contributed by atoms with Crippen molar-refractivity contribution in [2.75, 3.05) is 32.7 Å². The van der Waals surface area contributed by atoms with Crippen LogP contribution in [0.1, 0.15) is 32.2 Å². The minimum absolute atomic E-state index is 0.212. The third kappa shape index (κ3) is 5.37. The summed E-state index contributed by atoms with van der Waals surface area (Å²) >= 11 is 0. The van der Waals surface area contributed by atoms with Gasteiger partial charge in [-0.3, -0.25) is 4.99 Å². The van der Waals surface area contributed by atoms with Crippen molar-refractivity contribution in [3.8, 4) is 0 Å². The maximum atomic E-state index is 12.4. The van der Waals surface area contributed by atoms with Crippen molar-refractivity contribution in [2.45, 2.75) is 45.4 Å². The molecule has 1 atom stereocenters. The lowest BCUT2D eigenvalue weighted by Gasteiger charge is -2.39. The Bertz CT molecular complexity index is 918. The van der Waals surface area contributed by atoms with Crippen molar-refractivity contribution in [3.05, 3.63) is 54.1 Å². The number of hydrogen-bond donors (Lipinski definition) is 1. The zero-order chi connectivity index (χ0) is 21.8. The number of piperazine rings is 1. The standard InChI is InChI=1S/C23H32N6O2/c1-23(2,3)31-22(30)28-13-14-29-19(17-28)15-26-21(29)25-10-9-20-24-11-12-27(20)16-18-7-5-4-6-8-18/h4-8,11-12,19H,9-10,13-17H2,1-3H3,(H,25,26). The molecule has 1 fully saturated rings. The van der Waals surface area contributed by atoms with Gasteiger partial charge in [-0.2, -0.15) is 0 Å². The molecule has 1 aromatic carbocycles. The number of fused-ring (bicyclic) bond motifs is 1. The molecule has 0 saturated carbocycles. The van der Waals surface area contributed by atoms with Gasteiger partial charge >= 0.3 is 6.09 Å². The molecule has 4 rings (SSSR count). The molecule has 1 saturated heterocycles. The SMILES string of the molecule is CC(C)(C)OC(=O)N1CCN2C(NCCc3nccn3Cc3ccccc3)=NCC2C1. The van der Waals surface area contributed by atoms with Crippen molar-refractivity contribution < 1.29 is 9.53 Å². The molecule has 8 heteroatoms. The average Bonchev–Trinajstić information content (AvgIpc) is 3.34. The van der Waals surface area contributed by atoms with Gasteiger partial charge < -0.3 is 24.4 Å². The molecule has 0 radical (unpaired) electrons. The molecule has 2 aliphatic heterocycles. The molecule has 31 heavy (non-hydrogen) atoms. The summed E-state index contributed by atoms with van der Waals surface area (Å²) in [5.41, 5.74) is 0.792. The summed E-state index contributed by atoms with van der Waals surface area (Å²) in [6.07, 6.45) is 4.47. The zero-order valence-corrected chi connectivity index (χ0v) is 18.6. The Kier molecular flexibility index (Phi) is 6.15. The highest BCUT2D eigenvalue weighted by Crippen LogP contribution is 2.18. The molecule has 0 aliphatic carbocycles. The fourth-order valence-electron chi connectivity index (χ4n) is 4.00. The minimum Gasteiger partial charge on any atom is -0.444 e. The summed E-state index contributed by atoms with van der Waals surface area (Å²) in [6.45, 7) is 10.0. The predicted octanol–water partition coefficient (Wildman–Crippen LogP) is 2.35. The molecule has 0 bridgehead atoms. The van der Waals surface area contributed by atoms with E-state index in [2.05, 4.69) is 49.0 Å². The second-order valence-corrected chi connectivity index (χ2v) is 9.07. The van der Waals surface area contributed by atoms with Crippen molar-refractivity contribution in [1.82, 2.24) is 24.7 Å². The monoisotopic (exact) mass is 424 g/mol. The second kappa shape index (κ2) is 8.99.